The average molecular weight is 431 g/mol. The lowest BCUT2D eigenvalue weighted by Crippen LogP contribution is -2.14. The van der Waals surface area contributed by atoms with E-state index in [1.165, 1.54) is 36.4 Å². The van der Waals surface area contributed by atoms with Gasteiger partial charge in [-0.2, -0.15) is 0 Å². The number of ether oxygens (including phenoxy) is 2. The van der Waals surface area contributed by atoms with E-state index < -0.39 is 30.3 Å². The average Bonchev–Trinajstić information content (AvgIpc) is 2.63. The number of carboxylic acid groups (broad SMARTS) is 1. The first kappa shape index (κ1) is 22.3. The molecule has 0 atom stereocenters. The number of anilines is 1. The van der Waals surface area contributed by atoms with Crippen LogP contribution in [-0.2, 0) is 16.0 Å². The third-order valence-electron chi connectivity index (χ3n) is 3.57. The van der Waals surface area contributed by atoms with Crippen molar-refractivity contribution < 1.29 is 33.1 Å². The molecule has 8 nitrogen and oxygen atoms in total. The molecule has 11 heteroatoms. The Hall–Kier alpha value is -2.98. The molecule has 29 heavy (non-hydrogen) atoms. The molecular weight excluding hydrogens is 414 g/mol. The molecule has 0 aliphatic carbocycles. The molecule has 0 saturated carbocycles. The maximum atomic E-state index is 12.5. The lowest BCUT2D eigenvalue weighted by molar-refractivity contribution is -0.384. The quantitative estimate of drug-likeness (QED) is 0.309. The zero-order valence-corrected chi connectivity index (χ0v) is 15.7. The first-order chi connectivity index (χ1) is 13.8. The molecule has 156 valence electrons. The predicted octanol–water partition coefficient (Wildman–Crippen LogP) is 4.36. The summed E-state index contributed by atoms with van der Waals surface area (Å²) in [6, 6.07) is 8.24. The van der Waals surface area contributed by atoms with E-state index >= 15 is 0 Å². The molecular formula is C18H17ClF2N2O6. The number of hydrogen-bond donors (Lipinski definition) is 2. The normalized spacial score (nSPS) is 10.8. The van der Waals surface area contributed by atoms with E-state index in [0.717, 1.165) is 0 Å². The van der Waals surface area contributed by atoms with Crippen molar-refractivity contribution in [3.8, 4) is 11.5 Å². The van der Waals surface area contributed by atoms with Crippen molar-refractivity contribution in [2.24, 2.45) is 0 Å². The predicted molar refractivity (Wildman–Crippen MR) is 101 cm³/mol. The minimum atomic E-state index is -2.50. The molecule has 2 N–H and O–H groups in total. The summed E-state index contributed by atoms with van der Waals surface area (Å²) in [6.07, 6.45) is -2.93. The molecule has 0 spiro atoms. The fraction of sp³-hybridized carbons (Fsp3) is 0.278. The molecule has 0 unspecified atom stereocenters. The van der Waals surface area contributed by atoms with Gasteiger partial charge < -0.3 is 19.9 Å². The Morgan fingerprint density at radius 1 is 1.28 bits per heavy atom. The number of aliphatic carboxylic acids is 1. The topological polar surface area (TPSA) is 111 Å². The zero-order chi connectivity index (χ0) is 21.4. The van der Waals surface area contributed by atoms with Gasteiger partial charge in [0.15, 0.2) is 0 Å². The summed E-state index contributed by atoms with van der Waals surface area (Å²) < 4.78 is 35.4. The Labute approximate surface area is 169 Å². The van der Waals surface area contributed by atoms with Gasteiger partial charge in [-0.25, -0.2) is 13.6 Å². The first-order valence-electron chi connectivity index (χ1n) is 8.32. The highest BCUT2D eigenvalue weighted by molar-refractivity contribution is 6.32. The SMILES string of the molecule is O=C(O)COCCNc1cc(Oc2ccc(CC(F)F)cc2Cl)ccc1[N+](=O)[O-]. The van der Waals surface area contributed by atoms with E-state index in [2.05, 4.69) is 5.32 Å². The molecule has 2 aromatic rings. The number of carbonyl (C=O) groups is 1. The molecule has 0 amide bonds. The Kier molecular flexibility index (Phi) is 8.10. The van der Waals surface area contributed by atoms with Gasteiger partial charge in [-0.3, -0.25) is 10.1 Å². The van der Waals surface area contributed by atoms with Gasteiger partial charge in [-0.1, -0.05) is 17.7 Å². The van der Waals surface area contributed by atoms with Gasteiger partial charge in [0, 0.05) is 25.1 Å². The van der Waals surface area contributed by atoms with Crippen LogP contribution in [-0.4, -0.2) is 42.2 Å². The number of carboxylic acids is 1. The van der Waals surface area contributed by atoms with E-state index in [-0.39, 0.29) is 41.0 Å². The summed E-state index contributed by atoms with van der Waals surface area (Å²) in [4.78, 5) is 21.0. The number of rotatable bonds is 11. The summed E-state index contributed by atoms with van der Waals surface area (Å²) in [6.45, 7) is -0.334. The number of hydrogen-bond acceptors (Lipinski definition) is 6. The van der Waals surface area contributed by atoms with E-state index in [4.69, 9.17) is 26.2 Å². The fourth-order valence-electron chi connectivity index (χ4n) is 2.36. The van der Waals surface area contributed by atoms with Crippen molar-refractivity contribution in [3.05, 3.63) is 57.1 Å². The second kappa shape index (κ2) is 10.5. The van der Waals surface area contributed by atoms with Crippen LogP contribution in [0.3, 0.4) is 0 Å². The molecule has 0 aliphatic rings. The maximum Gasteiger partial charge on any atom is 0.329 e. The van der Waals surface area contributed by atoms with Crippen molar-refractivity contribution in [2.75, 3.05) is 25.1 Å². The third-order valence-corrected chi connectivity index (χ3v) is 3.86. The number of nitrogens with zero attached hydrogens (tertiary/aromatic N) is 1. The van der Waals surface area contributed by atoms with E-state index in [1.54, 1.807) is 0 Å². The summed E-state index contributed by atoms with van der Waals surface area (Å²) in [5.41, 5.74) is 0.274. The van der Waals surface area contributed by atoms with Crippen molar-refractivity contribution in [2.45, 2.75) is 12.8 Å². The second-order valence-corrected chi connectivity index (χ2v) is 6.18. The summed E-state index contributed by atoms with van der Waals surface area (Å²) >= 11 is 6.07. The number of nitro benzene ring substituents is 1. The van der Waals surface area contributed by atoms with Crippen LogP contribution in [0.25, 0.3) is 0 Å². The summed E-state index contributed by atoms with van der Waals surface area (Å²) in [5, 5.41) is 22.6. The minimum Gasteiger partial charge on any atom is -0.480 e. The highest BCUT2D eigenvalue weighted by atomic mass is 35.5. The largest absolute Gasteiger partial charge is 0.480 e. The van der Waals surface area contributed by atoms with Crippen molar-refractivity contribution in [1.82, 2.24) is 0 Å². The monoisotopic (exact) mass is 430 g/mol. The van der Waals surface area contributed by atoms with Crippen molar-refractivity contribution >= 4 is 28.9 Å². The van der Waals surface area contributed by atoms with Crippen LogP contribution in [0.1, 0.15) is 5.56 Å². The molecule has 2 rings (SSSR count). The van der Waals surface area contributed by atoms with E-state index in [9.17, 15) is 23.7 Å². The van der Waals surface area contributed by atoms with Crippen LogP contribution in [0.2, 0.25) is 5.02 Å². The van der Waals surface area contributed by atoms with Crippen LogP contribution in [0.15, 0.2) is 36.4 Å². The molecule has 0 radical (unpaired) electrons. The van der Waals surface area contributed by atoms with E-state index in [1.807, 2.05) is 0 Å². The zero-order valence-electron chi connectivity index (χ0n) is 14.9. The summed E-state index contributed by atoms with van der Waals surface area (Å²) in [7, 11) is 0. The van der Waals surface area contributed by atoms with Gasteiger partial charge in [0.1, 0.15) is 23.8 Å². The molecule has 2 aromatic carbocycles. The Morgan fingerprint density at radius 3 is 2.66 bits per heavy atom. The molecule has 0 fully saturated rings. The van der Waals surface area contributed by atoms with Gasteiger partial charge in [0.05, 0.1) is 16.6 Å². The van der Waals surface area contributed by atoms with Crippen LogP contribution >= 0.6 is 11.6 Å². The standard InChI is InChI=1S/C18H17ClF2N2O6/c19-13-7-11(8-17(20)21)1-4-16(13)29-12-2-3-15(23(26)27)14(9-12)22-5-6-28-10-18(24)25/h1-4,7,9,17,22H,5-6,8,10H2,(H,24,25). The first-order valence-corrected chi connectivity index (χ1v) is 8.70. The van der Waals surface area contributed by atoms with Gasteiger partial charge in [0.25, 0.3) is 5.69 Å². The molecule has 0 aromatic heterocycles. The van der Waals surface area contributed by atoms with Crippen molar-refractivity contribution in [1.29, 1.82) is 0 Å². The lowest BCUT2D eigenvalue weighted by atomic mass is 10.1. The van der Waals surface area contributed by atoms with Gasteiger partial charge in [-0.05, 0) is 23.8 Å². The van der Waals surface area contributed by atoms with Crippen molar-refractivity contribution in [3.63, 3.8) is 0 Å². The van der Waals surface area contributed by atoms with Gasteiger partial charge in [0.2, 0.25) is 6.43 Å². The molecule has 0 heterocycles. The lowest BCUT2D eigenvalue weighted by Gasteiger charge is -2.12. The van der Waals surface area contributed by atoms with Gasteiger partial charge in [-0.15, -0.1) is 0 Å². The fourth-order valence-corrected chi connectivity index (χ4v) is 2.60. The molecule has 0 saturated heterocycles. The Balaban J connectivity index is 2.11. The number of benzene rings is 2. The summed E-state index contributed by atoms with van der Waals surface area (Å²) in [5.74, 6) is -0.690. The second-order valence-electron chi connectivity index (χ2n) is 5.77. The van der Waals surface area contributed by atoms with Crippen LogP contribution in [0.4, 0.5) is 20.2 Å². The highest BCUT2D eigenvalue weighted by Crippen LogP contribution is 2.34. The number of alkyl halides is 2. The minimum absolute atomic E-state index is 0.0198. The van der Waals surface area contributed by atoms with Gasteiger partial charge >= 0.3 is 5.97 Å². The number of nitro groups is 1. The molecule has 0 bridgehead atoms. The smallest absolute Gasteiger partial charge is 0.329 e. The van der Waals surface area contributed by atoms with Crippen LogP contribution < -0.4 is 10.1 Å². The third kappa shape index (κ3) is 7.16. The van der Waals surface area contributed by atoms with Crippen LogP contribution in [0.5, 0.6) is 11.5 Å². The van der Waals surface area contributed by atoms with Crippen LogP contribution in [0, 0.1) is 10.1 Å². The Bertz CT molecular complexity index is 881. The highest BCUT2D eigenvalue weighted by Gasteiger charge is 2.16. The Morgan fingerprint density at radius 2 is 2.03 bits per heavy atom. The van der Waals surface area contributed by atoms with E-state index in [0.29, 0.717) is 5.56 Å². The number of nitrogens with one attached hydrogen (secondary N) is 1. The number of halogens is 3. The molecule has 0 aliphatic heterocycles. The maximum absolute atomic E-state index is 12.5.